The molecule has 20 heavy (non-hydrogen) atoms. The number of hydrogen-bond acceptors (Lipinski definition) is 4. The van der Waals surface area contributed by atoms with E-state index in [1.807, 2.05) is 0 Å². The second-order valence-electron chi connectivity index (χ2n) is 5.59. The Morgan fingerprint density at radius 1 is 1.40 bits per heavy atom. The molecule has 0 amide bonds. The van der Waals surface area contributed by atoms with Crippen LogP contribution < -0.4 is 10.5 Å². The van der Waals surface area contributed by atoms with Crippen LogP contribution in [0.2, 0.25) is 0 Å². The van der Waals surface area contributed by atoms with Gasteiger partial charge >= 0.3 is 0 Å². The average molecular weight is 278 g/mol. The number of hydrogen-bond donors (Lipinski definition) is 1. The summed E-state index contributed by atoms with van der Waals surface area (Å²) in [5.74, 6) is 0.886. The topological polar surface area (TPSA) is 55.6 Å². The molecule has 2 bridgehead atoms. The highest BCUT2D eigenvalue weighted by Crippen LogP contribution is 2.35. The Balaban J connectivity index is 1.65. The monoisotopic (exact) mass is 278 g/mol. The number of carbonyl (C=O) groups excluding carboxylic acids is 1. The third-order valence-electron chi connectivity index (χ3n) is 4.28. The number of carbonyl (C=O) groups is 1. The summed E-state index contributed by atoms with van der Waals surface area (Å²) < 4.78 is 18.8. The Labute approximate surface area is 117 Å². The number of rotatable bonds is 4. The van der Waals surface area contributed by atoms with E-state index in [0.29, 0.717) is 11.7 Å². The molecule has 2 fully saturated rings. The van der Waals surface area contributed by atoms with Crippen molar-refractivity contribution in [2.75, 3.05) is 19.6 Å². The van der Waals surface area contributed by atoms with Gasteiger partial charge in [-0.3, -0.25) is 9.69 Å². The van der Waals surface area contributed by atoms with Gasteiger partial charge in [0.2, 0.25) is 0 Å². The van der Waals surface area contributed by atoms with Gasteiger partial charge in [-0.2, -0.15) is 0 Å². The predicted octanol–water partition coefficient (Wildman–Crippen LogP) is 1.20. The van der Waals surface area contributed by atoms with Crippen molar-refractivity contribution < 1.29 is 13.9 Å². The van der Waals surface area contributed by atoms with Gasteiger partial charge in [-0.05, 0) is 49.6 Å². The normalized spacial score (nSPS) is 32.1. The highest BCUT2D eigenvalue weighted by atomic mass is 19.1. The van der Waals surface area contributed by atoms with Crippen LogP contribution in [-0.2, 0) is 4.79 Å². The van der Waals surface area contributed by atoms with Crippen LogP contribution in [0.15, 0.2) is 24.3 Å². The summed E-state index contributed by atoms with van der Waals surface area (Å²) in [6.45, 7) is 1.79. The zero-order valence-corrected chi connectivity index (χ0v) is 11.3. The van der Waals surface area contributed by atoms with Gasteiger partial charge in [-0.15, -0.1) is 0 Å². The largest absolute Gasteiger partial charge is 0.489 e. The van der Waals surface area contributed by atoms with Crippen molar-refractivity contribution in [2.45, 2.75) is 25.0 Å². The van der Waals surface area contributed by atoms with Crippen LogP contribution >= 0.6 is 0 Å². The highest BCUT2D eigenvalue weighted by molar-refractivity contribution is 5.86. The molecule has 5 heteroatoms. The van der Waals surface area contributed by atoms with Crippen LogP contribution in [0.3, 0.4) is 0 Å². The number of ether oxygens (including phenoxy) is 1. The summed E-state index contributed by atoms with van der Waals surface area (Å²) in [5, 5.41) is 0. The SMILES string of the molecule is NCC(=O)C1C2CCN1CC(Oc1ccc(F)cc1)C2. The number of nitrogens with zero attached hydrogens (tertiary/aromatic N) is 1. The molecule has 0 aliphatic carbocycles. The lowest BCUT2D eigenvalue weighted by Gasteiger charge is -2.36. The molecular formula is C15H19FN2O2. The molecule has 0 radical (unpaired) electrons. The summed E-state index contributed by atoms with van der Waals surface area (Å²) in [4.78, 5) is 14.1. The molecule has 0 spiro atoms. The maximum atomic E-state index is 12.9. The van der Waals surface area contributed by atoms with E-state index < -0.39 is 0 Å². The number of Topliss-reactive ketones (excluding diaryl/α,β-unsaturated/α-hetero) is 1. The maximum Gasteiger partial charge on any atom is 0.163 e. The molecule has 2 N–H and O–H groups in total. The van der Waals surface area contributed by atoms with Crippen LogP contribution in [0.25, 0.3) is 0 Å². The summed E-state index contributed by atoms with van der Waals surface area (Å²) in [5.41, 5.74) is 5.48. The minimum absolute atomic E-state index is 0.0203. The van der Waals surface area contributed by atoms with Gasteiger partial charge in [0, 0.05) is 6.54 Å². The van der Waals surface area contributed by atoms with Gasteiger partial charge in [0.05, 0.1) is 12.6 Å². The first-order chi connectivity index (χ1) is 9.67. The molecule has 4 nitrogen and oxygen atoms in total. The second-order valence-corrected chi connectivity index (χ2v) is 5.59. The van der Waals surface area contributed by atoms with E-state index in [9.17, 15) is 9.18 Å². The summed E-state index contributed by atoms with van der Waals surface area (Å²) in [6.07, 6.45) is 1.96. The van der Waals surface area contributed by atoms with Gasteiger partial charge in [-0.1, -0.05) is 0 Å². The molecule has 1 aromatic rings. The number of piperidine rings is 1. The maximum absolute atomic E-state index is 12.9. The molecule has 0 aromatic heterocycles. The van der Waals surface area contributed by atoms with E-state index in [-0.39, 0.29) is 30.3 Å². The van der Waals surface area contributed by atoms with Crippen molar-refractivity contribution in [1.29, 1.82) is 0 Å². The van der Waals surface area contributed by atoms with Gasteiger partial charge in [0.15, 0.2) is 5.78 Å². The minimum atomic E-state index is -0.265. The van der Waals surface area contributed by atoms with Gasteiger partial charge in [-0.25, -0.2) is 4.39 Å². The van der Waals surface area contributed by atoms with Crippen molar-refractivity contribution in [1.82, 2.24) is 4.90 Å². The van der Waals surface area contributed by atoms with Crippen LogP contribution in [0.1, 0.15) is 12.8 Å². The predicted molar refractivity (Wildman–Crippen MR) is 73.0 cm³/mol. The lowest BCUT2D eigenvalue weighted by atomic mass is 9.88. The summed E-state index contributed by atoms with van der Waals surface area (Å²) in [6, 6.07) is 6.06. The summed E-state index contributed by atoms with van der Waals surface area (Å²) >= 11 is 0. The smallest absolute Gasteiger partial charge is 0.163 e. The average Bonchev–Trinajstić information content (AvgIpc) is 2.72. The van der Waals surface area contributed by atoms with Gasteiger partial charge < -0.3 is 10.5 Å². The van der Waals surface area contributed by atoms with Crippen molar-refractivity contribution >= 4 is 5.78 Å². The van der Waals surface area contributed by atoms with Gasteiger partial charge in [0.25, 0.3) is 0 Å². The number of nitrogens with two attached hydrogens (primary N) is 1. The Bertz CT molecular complexity index is 477. The first-order valence-corrected chi connectivity index (χ1v) is 7.06. The second kappa shape index (κ2) is 5.50. The molecule has 2 aliphatic heterocycles. The lowest BCUT2D eigenvalue weighted by Crippen LogP contribution is -2.51. The zero-order chi connectivity index (χ0) is 14.1. The van der Waals surface area contributed by atoms with E-state index >= 15 is 0 Å². The number of ketones is 1. The Morgan fingerprint density at radius 3 is 2.80 bits per heavy atom. The van der Waals surface area contributed by atoms with Gasteiger partial charge in [0.1, 0.15) is 17.7 Å². The minimum Gasteiger partial charge on any atom is -0.489 e. The van der Waals surface area contributed by atoms with E-state index in [2.05, 4.69) is 4.90 Å². The van der Waals surface area contributed by atoms with E-state index in [4.69, 9.17) is 10.5 Å². The molecule has 2 heterocycles. The third kappa shape index (κ3) is 2.55. The fourth-order valence-corrected chi connectivity index (χ4v) is 3.43. The fraction of sp³-hybridized carbons (Fsp3) is 0.533. The summed E-state index contributed by atoms with van der Waals surface area (Å²) in [7, 11) is 0. The number of benzene rings is 1. The Morgan fingerprint density at radius 2 is 2.15 bits per heavy atom. The molecule has 1 aromatic carbocycles. The molecule has 3 rings (SSSR count). The molecular weight excluding hydrogens is 259 g/mol. The lowest BCUT2D eigenvalue weighted by molar-refractivity contribution is -0.125. The quantitative estimate of drug-likeness (QED) is 0.899. The molecule has 108 valence electrons. The first-order valence-electron chi connectivity index (χ1n) is 7.06. The van der Waals surface area contributed by atoms with Crippen molar-refractivity contribution in [3.8, 4) is 5.75 Å². The van der Waals surface area contributed by atoms with Crippen LogP contribution in [0, 0.1) is 11.7 Å². The standard InChI is InChI=1S/C15H19FN2O2/c16-11-1-3-12(4-2-11)20-13-7-10-5-6-18(9-13)15(10)14(19)8-17/h1-4,10,13,15H,5-9,17H2. The van der Waals surface area contributed by atoms with Crippen molar-refractivity contribution in [2.24, 2.45) is 11.7 Å². The fourth-order valence-electron chi connectivity index (χ4n) is 3.43. The van der Waals surface area contributed by atoms with Crippen LogP contribution in [0.5, 0.6) is 5.75 Å². The number of fused-ring (bicyclic) bond motifs is 2. The van der Waals surface area contributed by atoms with E-state index in [1.165, 1.54) is 12.1 Å². The van der Waals surface area contributed by atoms with E-state index in [1.54, 1.807) is 12.1 Å². The van der Waals surface area contributed by atoms with Crippen molar-refractivity contribution in [3.05, 3.63) is 30.1 Å². The van der Waals surface area contributed by atoms with E-state index in [0.717, 1.165) is 25.9 Å². The molecule has 2 saturated heterocycles. The molecule has 0 saturated carbocycles. The molecule has 4 unspecified atom stereocenters. The van der Waals surface area contributed by atoms with Crippen LogP contribution in [0.4, 0.5) is 4.39 Å². The highest BCUT2D eigenvalue weighted by Gasteiger charge is 2.44. The molecule has 4 atom stereocenters. The third-order valence-corrected chi connectivity index (χ3v) is 4.28. The number of halogens is 1. The molecule has 2 aliphatic rings. The van der Waals surface area contributed by atoms with Crippen LogP contribution in [-0.4, -0.2) is 42.5 Å². The Kier molecular flexibility index (Phi) is 3.72. The Hall–Kier alpha value is -1.46. The zero-order valence-electron chi connectivity index (χ0n) is 11.3. The first kappa shape index (κ1) is 13.5. The van der Waals surface area contributed by atoms with Crippen molar-refractivity contribution in [3.63, 3.8) is 0 Å².